The maximum absolute atomic E-state index is 12.6. The van der Waals surface area contributed by atoms with E-state index in [1.807, 2.05) is 31.2 Å². The van der Waals surface area contributed by atoms with E-state index in [1.54, 1.807) is 19.2 Å². The van der Waals surface area contributed by atoms with Crippen LogP contribution in [-0.4, -0.2) is 37.9 Å². The number of H-pyrrole nitrogens is 1. The molecular formula is C22H22N8O2. The van der Waals surface area contributed by atoms with Gasteiger partial charge in [-0.1, -0.05) is 11.2 Å². The molecule has 32 heavy (non-hydrogen) atoms. The molecule has 0 spiro atoms. The van der Waals surface area contributed by atoms with Crippen LogP contribution in [0.1, 0.15) is 29.9 Å². The number of hydrogen-bond acceptors (Lipinski definition) is 8. The van der Waals surface area contributed by atoms with Gasteiger partial charge in [-0.2, -0.15) is 4.98 Å². The van der Waals surface area contributed by atoms with Crippen LogP contribution in [0.15, 0.2) is 52.1 Å². The van der Waals surface area contributed by atoms with Crippen molar-refractivity contribution in [1.29, 1.82) is 0 Å². The Bertz CT molecular complexity index is 1340. The zero-order chi connectivity index (χ0) is 22.2. The molecule has 162 valence electrons. The standard InChI is InChI=1S/C22H22N8O2/c1-11-19(29-20(26-11)21(31)25-10-13-5-6-24-18(23)7-13)14-3-4-16-15(8-14)9-17(28-16)22-27-12(2)30-32-22/h3-9,11,19,28H,10H2,1-2H3,(H2,23,24)(H,25,31)(H,26,29). The maximum atomic E-state index is 12.6. The molecule has 10 nitrogen and oxygen atoms in total. The number of benzene rings is 1. The van der Waals surface area contributed by atoms with Crippen LogP contribution in [0.4, 0.5) is 5.82 Å². The minimum Gasteiger partial charge on any atom is -0.384 e. The third kappa shape index (κ3) is 3.78. The number of aliphatic imine (C=N–C) groups is 1. The number of nitrogen functional groups attached to an aromatic ring is 1. The summed E-state index contributed by atoms with van der Waals surface area (Å²) in [7, 11) is 0. The first-order chi connectivity index (χ1) is 15.5. The summed E-state index contributed by atoms with van der Waals surface area (Å²) in [6.45, 7) is 4.13. The summed E-state index contributed by atoms with van der Waals surface area (Å²) in [5, 5.41) is 10.9. The van der Waals surface area contributed by atoms with Gasteiger partial charge >= 0.3 is 0 Å². The van der Waals surface area contributed by atoms with Crippen LogP contribution in [0.2, 0.25) is 0 Å². The number of rotatable bonds is 5. The molecule has 2 unspecified atom stereocenters. The number of aryl methyl sites for hydroxylation is 1. The minimum absolute atomic E-state index is 0.0261. The molecule has 0 saturated carbocycles. The second kappa shape index (κ2) is 7.80. The second-order valence-corrected chi connectivity index (χ2v) is 7.80. The van der Waals surface area contributed by atoms with Gasteiger partial charge in [-0.3, -0.25) is 9.79 Å². The van der Waals surface area contributed by atoms with E-state index in [4.69, 9.17) is 10.3 Å². The maximum Gasteiger partial charge on any atom is 0.286 e. The summed E-state index contributed by atoms with van der Waals surface area (Å²) in [5.41, 5.74) is 9.29. The molecule has 10 heteroatoms. The number of pyridine rings is 1. The van der Waals surface area contributed by atoms with Gasteiger partial charge in [0.05, 0.1) is 12.1 Å². The topological polar surface area (TPSA) is 147 Å². The van der Waals surface area contributed by atoms with Crippen molar-refractivity contribution in [2.24, 2.45) is 4.99 Å². The molecule has 0 aliphatic carbocycles. The number of nitrogens with one attached hydrogen (secondary N) is 3. The van der Waals surface area contributed by atoms with Crippen LogP contribution in [0, 0.1) is 6.92 Å². The molecule has 0 fully saturated rings. The fourth-order valence-corrected chi connectivity index (χ4v) is 3.80. The van der Waals surface area contributed by atoms with E-state index in [0.29, 0.717) is 29.9 Å². The summed E-state index contributed by atoms with van der Waals surface area (Å²) in [6.07, 6.45) is 1.61. The predicted molar refractivity (Wildman–Crippen MR) is 120 cm³/mol. The summed E-state index contributed by atoms with van der Waals surface area (Å²) in [6, 6.07) is 11.4. The highest BCUT2D eigenvalue weighted by Gasteiger charge is 2.30. The summed E-state index contributed by atoms with van der Waals surface area (Å²) >= 11 is 0. The Balaban J connectivity index is 1.34. The van der Waals surface area contributed by atoms with Crippen molar-refractivity contribution >= 4 is 28.5 Å². The van der Waals surface area contributed by atoms with Gasteiger partial charge in [-0.15, -0.1) is 0 Å². The molecule has 0 radical (unpaired) electrons. The summed E-state index contributed by atoms with van der Waals surface area (Å²) in [4.78, 5) is 28.8. The molecule has 1 aliphatic heterocycles. The van der Waals surface area contributed by atoms with E-state index in [9.17, 15) is 4.79 Å². The Morgan fingerprint density at radius 1 is 1.25 bits per heavy atom. The Morgan fingerprint density at radius 3 is 2.91 bits per heavy atom. The Morgan fingerprint density at radius 2 is 2.12 bits per heavy atom. The van der Waals surface area contributed by atoms with Gasteiger partial charge in [0, 0.05) is 23.6 Å². The number of nitrogens with two attached hydrogens (primary N) is 1. The van der Waals surface area contributed by atoms with Gasteiger partial charge in [0.2, 0.25) is 0 Å². The molecule has 1 amide bonds. The zero-order valence-corrected chi connectivity index (χ0v) is 17.6. The number of carbonyl (C=O) groups excluding carboxylic acids is 1. The Labute approximate surface area is 183 Å². The SMILES string of the molecule is Cc1noc(-c2cc3cc(C4N=C(C(=O)NCc5ccnc(N)c5)NC4C)ccc3[nH]2)n1. The molecule has 0 bridgehead atoms. The van der Waals surface area contributed by atoms with E-state index in [0.717, 1.165) is 27.7 Å². The fraction of sp³-hybridized carbons (Fsp3) is 0.227. The number of hydrogen-bond donors (Lipinski definition) is 4. The first-order valence-electron chi connectivity index (χ1n) is 10.2. The van der Waals surface area contributed by atoms with E-state index in [2.05, 4.69) is 41.8 Å². The number of aromatic amines is 1. The van der Waals surface area contributed by atoms with Crippen molar-refractivity contribution in [3.63, 3.8) is 0 Å². The average Bonchev–Trinajstić information content (AvgIpc) is 3.49. The van der Waals surface area contributed by atoms with Crippen molar-refractivity contribution in [2.45, 2.75) is 32.5 Å². The quantitative estimate of drug-likeness (QED) is 0.380. The smallest absolute Gasteiger partial charge is 0.286 e. The van der Waals surface area contributed by atoms with E-state index < -0.39 is 0 Å². The van der Waals surface area contributed by atoms with Crippen molar-refractivity contribution in [3.05, 3.63) is 59.5 Å². The monoisotopic (exact) mass is 430 g/mol. The van der Waals surface area contributed by atoms with Crippen molar-refractivity contribution < 1.29 is 9.32 Å². The van der Waals surface area contributed by atoms with Gasteiger partial charge < -0.3 is 25.9 Å². The molecule has 4 aromatic rings. The number of aromatic nitrogens is 4. The van der Waals surface area contributed by atoms with Gasteiger partial charge in [0.1, 0.15) is 11.5 Å². The van der Waals surface area contributed by atoms with Gasteiger partial charge in [-0.25, -0.2) is 4.98 Å². The van der Waals surface area contributed by atoms with E-state index in [1.165, 1.54) is 0 Å². The normalized spacial score (nSPS) is 17.9. The number of fused-ring (bicyclic) bond motifs is 1. The molecular weight excluding hydrogens is 408 g/mol. The third-order valence-corrected chi connectivity index (χ3v) is 5.36. The van der Waals surface area contributed by atoms with E-state index >= 15 is 0 Å². The molecule has 2 atom stereocenters. The fourth-order valence-electron chi connectivity index (χ4n) is 3.80. The first kappa shape index (κ1) is 19.7. The lowest BCUT2D eigenvalue weighted by molar-refractivity contribution is -0.115. The summed E-state index contributed by atoms with van der Waals surface area (Å²) < 4.78 is 5.25. The molecule has 5 rings (SSSR count). The highest BCUT2D eigenvalue weighted by molar-refractivity contribution is 6.38. The van der Waals surface area contributed by atoms with Crippen LogP contribution in [0.5, 0.6) is 0 Å². The predicted octanol–water partition coefficient (Wildman–Crippen LogP) is 2.25. The van der Waals surface area contributed by atoms with Crippen LogP contribution in [0.3, 0.4) is 0 Å². The lowest BCUT2D eigenvalue weighted by atomic mass is 10.0. The first-order valence-corrected chi connectivity index (χ1v) is 10.2. The minimum atomic E-state index is -0.258. The lowest BCUT2D eigenvalue weighted by Crippen LogP contribution is -2.40. The largest absolute Gasteiger partial charge is 0.384 e. The van der Waals surface area contributed by atoms with Crippen molar-refractivity contribution in [1.82, 2.24) is 30.7 Å². The average molecular weight is 430 g/mol. The molecule has 4 heterocycles. The Hall–Kier alpha value is -4.21. The van der Waals surface area contributed by atoms with E-state index in [-0.39, 0.29) is 18.0 Å². The number of nitrogens with zero attached hydrogens (tertiary/aromatic N) is 4. The summed E-state index contributed by atoms with van der Waals surface area (Å²) in [5.74, 6) is 1.51. The van der Waals surface area contributed by atoms with Crippen LogP contribution < -0.4 is 16.4 Å². The Kier molecular flexibility index (Phi) is 4.81. The molecule has 0 saturated heterocycles. The molecule has 5 N–H and O–H groups in total. The highest BCUT2D eigenvalue weighted by Crippen LogP contribution is 2.30. The van der Waals surface area contributed by atoms with Crippen LogP contribution in [-0.2, 0) is 11.3 Å². The van der Waals surface area contributed by atoms with Gasteiger partial charge in [0.15, 0.2) is 11.7 Å². The van der Waals surface area contributed by atoms with Gasteiger partial charge in [-0.05, 0) is 55.3 Å². The number of carbonyl (C=O) groups is 1. The molecule has 3 aromatic heterocycles. The highest BCUT2D eigenvalue weighted by atomic mass is 16.5. The molecule has 1 aromatic carbocycles. The van der Waals surface area contributed by atoms with Crippen molar-refractivity contribution in [3.8, 4) is 11.6 Å². The van der Waals surface area contributed by atoms with Crippen molar-refractivity contribution in [2.75, 3.05) is 5.73 Å². The van der Waals surface area contributed by atoms with Crippen LogP contribution >= 0.6 is 0 Å². The van der Waals surface area contributed by atoms with Gasteiger partial charge in [0.25, 0.3) is 11.8 Å². The van der Waals surface area contributed by atoms with Crippen LogP contribution in [0.25, 0.3) is 22.5 Å². The molecule has 1 aliphatic rings. The zero-order valence-electron chi connectivity index (χ0n) is 17.6. The number of anilines is 1. The number of amides is 1. The second-order valence-electron chi connectivity index (χ2n) is 7.80. The lowest BCUT2D eigenvalue weighted by Gasteiger charge is -2.14. The number of amidine groups is 1. The third-order valence-electron chi connectivity index (χ3n) is 5.36.